The van der Waals surface area contributed by atoms with Crippen molar-refractivity contribution < 1.29 is 18.0 Å². The topological polar surface area (TPSA) is 66.9 Å². The van der Waals surface area contributed by atoms with Crippen LogP contribution in [-0.2, 0) is 0 Å². The molecule has 0 aliphatic rings. The molecule has 0 atom stereocenters. The second-order valence-corrected chi connectivity index (χ2v) is 5.42. The Bertz CT molecular complexity index is 961. The minimum absolute atomic E-state index is 0.107. The Labute approximate surface area is 146 Å². The molecule has 0 radical (unpaired) electrons. The molecule has 2 aromatic carbocycles. The number of hydrogen-bond donors (Lipinski definition) is 2. The monoisotopic (exact) mass is 358 g/mol. The number of nitrogens with one attached hydrogen (secondary N) is 2. The number of carbonyl (C=O) groups is 1. The molecule has 1 amide bonds. The van der Waals surface area contributed by atoms with Crippen molar-refractivity contribution in [1.29, 1.82) is 0 Å². The highest BCUT2D eigenvalue weighted by Crippen LogP contribution is 2.21. The number of aryl methyl sites for hydroxylation is 1. The van der Waals surface area contributed by atoms with Gasteiger partial charge >= 0.3 is 0 Å². The van der Waals surface area contributed by atoms with Crippen LogP contribution in [0.4, 0.5) is 30.4 Å². The van der Waals surface area contributed by atoms with E-state index in [0.717, 1.165) is 23.4 Å². The smallest absolute Gasteiger partial charge is 0.276 e. The predicted molar refractivity (Wildman–Crippen MR) is 90.8 cm³/mol. The van der Waals surface area contributed by atoms with Crippen LogP contribution in [0, 0.1) is 24.4 Å². The van der Waals surface area contributed by atoms with E-state index in [1.807, 2.05) is 31.2 Å². The summed E-state index contributed by atoms with van der Waals surface area (Å²) in [6.45, 7) is 1.92. The molecule has 0 fully saturated rings. The lowest BCUT2D eigenvalue weighted by molar-refractivity contribution is 0.102. The summed E-state index contributed by atoms with van der Waals surface area (Å²) >= 11 is 0. The van der Waals surface area contributed by atoms with E-state index in [0.29, 0.717) is 5.82 Å². The van der Waals surface area contributed by atoms with E-state index in [1.165, 1.54) is 12.1 Å². The molecule has 3 rings (SSSR count). The van der Waals surface area contributed by atoms with Gasteiger partial charge in [0, 0.05) is 5.69 Å². The van der Waals surface area contributed by atoms with Gasteiger partial charge in [0.05, 0.1) is 5.69 Å². The Hall–Kier alpha value is -3.42. The molecule has 2 N–H and O–H groups in total. The van der Waals surface area contributed by atoms with Crippen LogP contribution in [0.2, 0.25) is 0 Å². The molecule has 0 saturated carbocycles. The summed E-state index contributed by atoms with van der Waals surface area (Å²) in [7, 11) is 0. The van der Waals surface area contributed by atoms with E-state index in [2.05, 4.69) is 20.8 Å². The first-order valence-corrected chi connectivity index (χ1v) is 7.57. The zero-order valence-corrected chi connectivity index (χ0v) is 13.6. The van der Waals surface area contributed by atoms with Gasteiger partial charge in [0.25, 0.3) is 5.91 Å². The van der Waals surface area contributed by atoms with Gasteiger partial charge in [-0.25, -0.2) is 13.2 Å². The number of benzene rings is 2. The Balaban J connectivity index is 1.73. The van der Waals surface area contributed by atoms with E-state index < -0.39 is 29.0 Å². The van der Waals surface area contributed by atoms with Crippen LogP contribution in [0.1, 0.15) is 16.1 Å². The first-order valence-electron chi connectivity index (χ1n) is 7.57. The quantitative estimate of drug-likeness (QED) is 0.686. The highest BCUT2D eigenvalue weighted by atomic mass is 19.2. The fourth-order valence-corrected chi connectivity index (χ4v) is 2.18. The van der Waals surface area contributed by atoms with Crippen LogP contribution < -0.4 is 10.6 Å². The lowest BCUT2D eigenvalue weighted by Gasteiger charge is -2.09. The number of halogens is 3. The third-order valence-electron chi connectivity index (χ3n) is 3.59. The standard InChI is InChI=1S/C18H13F3N4O/c1-10-4-2-3-5-12(10)22-15-9-8-14(24-25-15)18(26)23-13-7-6-11(19)16(20)17(13)21/h2-9H,1H3,(H,22,25)(H,23,26). The number of anilines is 3. The van der Waals surface area contributed by atoms with Crippen molar-refractivity contribution >= 4 is 23.1 Å². The fourth-order valence-electron chi connectivity index (χ4n) is 2.18. The summed E-state index contributed by atoms with van der Waals surface area (Å²) in [6.07, 6.45) is 0. The summed E-state index contributed by atoms with van der Waals surface area (Å²) in [5, 5.41) is 12.8. The Morgan fingerprint density at radius 2 is 1.65 bits per heavy atom. The molecule has 1 aromatic heterocycles. The number of carbonyl (C=O) groups excluding carboxylic acids is 1. The van der Waals surface area contributed by atoms with Crippen molar-refractivity contribution in [3.05, 3.63) is 77.2 Å². The lowest BCUT2D eigenvalue weighted by Crippen LogP contribution is -2.16. The van der Waals surface area contributed by atoms with Gasteiger partial charge in [0.2, 0.25) is 0 Å². The average Bonchev–Trinajstić information content (AvgIpc) is 2.64. The van der Waals surface area contributed by atoms with E-state index in [-0.39, 0.29) is 5.69 Å². The van der Waals surface area contributed by atoms with Crippen molar-refractivity contribution in [2.75, 3.05) is 10.6 Å². The number of hydrogen-bond acceptors (Lipinski definition) is 4. The molecule has 3 aromatic rings. The molecule has 1 heterocycles. The minimum atomic E-state index is -1.66. The molecular weight excluding hydrogens is 345 g/mol. The van der Waals surface area contributed by atoms with E-state index in [4.69, 9.17) is 0 Å². The Morgan fingerprint density at radius 1 is 0.885 bits per heavy atom. The van der Waals surface area contributed by atoms with Crippen LogP contribution in [0.25, 0.3) is 0 Å². The van der Waals surface area contributed by atoms with E-state index in [9.17, 15) is 18.0 Å². The van der Waals surface area contributed by atoms with Gasteiger partial charge in [-0.05, 0) is 42.8 Å². The van der Waals surface area contributed by atoms with Gasteiger partial charge < -0.3 is 10.6 Å². The molecule has 132 valence electrons. The summed E-state index contributed by atoms with van der Waals surface area (Å²) in [5.41, 5.74) is 1.25. The van der Waals surface area contributed by atoms with Gasteiger partial charge in [0.1, 0.15) is 0 Å². The summed E-state index contributed by atoms with van der Waals surface area (Å²) in [4.78, 5) is 12.1. The Morgan fingerprint density at radius 3 is 2.35 bits per heavy atom. The normalized spacial score (nSPS) is 10.5. The maximum atomic E-state index is 13.6. The maximum absolute atomic E-state index is 13.6. The van der Waals surface area contributed by atoms with Gasteiger partial charge in [0.15, 0.2) is 29.0 Å². The van der Waals surface area contributed by atoms with E-state index >= 15 is 0 Å². The number of aromatic nitrogens is 2. The second kappa shape index (κ2) is 7.22. The predicted octanol–water partition coefficient (Wildman–Crippen LogP) is 4.20. The molecule has 8 heteroatoms. The first-order chi connectivity index (χ1) is 12.5. The van der Waals surface area contributed by atoms with Gasteiger partial charge in [-0.2, -0.15) is 0 Å². The minimum Gasteiger partial charge on any atom is -0.339 e. The van der Waals surface area contributed by atoms with Gasteiger partial charge in [-0.15, -0.1) is 10.2 Å². The van der Waals surface area contributed by atoms with Gasteiger partial charge in [-0.1, -0.05) is 18.2 Å². The van der Waals surface area contributed by atoms with Crippen LogP contribution in [-0.4, -0.2) is 16.1 Å². The molecule has 0 aliphatic heterocycles. The molecule has 0 spiro atoms. The molecule has 0 saturated heterocycles. The largest absolute Gasteiger partial charge is 0.339 e. The molecule has 0 bridgehead atoms. The zero-order chi connectivity index (χ0) is 18.7. The lowest BCUT2D eigenvalue weighted by atomic mass is 10.2. The molecule has 26 heavy (non-hydrogen) atoms. The average molecular weight is 358 g/mol. The second-order valence-electron chi connectivity index (χ2n) is 5.42. The zero-order valence-electron chi connectivity index (χ0n) is 13.6. The highest BCUT2D eigenvalue weighted by Gasteiger charge is 2.17. The van der Waals surface area contributed by atoms with Crippen molar-refractivity contribution in [3.63, 3.8) is 0 Å². The SMILES string of the molecule is Cc1ccccc1Nc1ccc(C(=O)Nc2ccc(F)c(F)c2F)nn1. The van der Waals surface area contributed by atoms with Gasteiger partial charge in [-0.3, -0.25) is 4.79 Å². The van der Waals surface area contributed by atoms with Crippen molar-refractivity contribution in [3.8, 4) is 0 Å². The summed E-state index contributed by atoms with van der Waals surface area (Å²) < 4.78 is 39.7. The highest BCUT2D eigenvalue weighted by molar-refractivity contribution is 6.02. The first kappa shape index (κ1) is 17.4. The van der Waals surface area contributed by atoms with Crippen molar-refractivity contribution in [2.45, 2.75) is 6.92 Å². The van der Waals surface area contributed by atoms with Crippen LogP contribution >= 0.6 is 0 Å². The number of para-hydroxylation sites is 1. The molecule has 0 unspecified atom stereocenters. The molecular formula is C18H13F3N4O. The number of rotatable bonds is 4. The third kappa shape index (κ3) is 3.64. The van der Waals surface area contributed by atoms with Crippen molar-refractivity contribution in [2.24, 2.45) is 0 Å². The fraction of sp³-hybridized carbons (Fsp3) is 0.0556. The van der Waals surface area contributed by atoms with Crippen LogP contribution in [0.5, 0.6) is 0 Å². The molecule has 0 aliphatic carbocycles. The van der Waals surface area contributed by atoms with E-state index in [1.54, 1.807) is 0 Å². The third-order valence-corrected chi connectivity index (χ3v) is 3.59. The maximum Gasteiger partial charge on any atom is 0.276 e. The number of amides is 1. The number of nitrogens with zero attached hydrogens (tertiary/aromatic N) is 2. The summed E-state index contributed by atoms with van der Waals surface area (Å²) in [6, 6.07) is 12.1. The van der Waals surface area contributed by atoms with Crippen LogP contribution in [0.15, 0.2) is 48.5 Å². The Kier molecular flexibility index (Phi) is 4.83. The summed E-state index contributed by atoms with van der Waals surface area (Å²) in [5.74, 6) is -4.87. The van der Waals surface area contributed by atoms with Crippen LogP contribution in [0.3, 0.4) is 0 Å². The van der Waals surface area contributed by atoms with Crippen molar-refractivity contribution in [1.82, 2.24) is 10.2 Å². The molecule has 5 nitrogen and oxygen atoms in total.